The van der Waals surface area contributed by atoms with E-state index in [4.69, 9.17) is 10.00 Å². The Balaban J connectivity index is 1.81. The minimum Gasteiger partial charge on any atom is -0.468 e. The van der Waals surface area contributed by atoms with E-state index in [0.717, 1.165) is 25.7 Å². The largest absolute Gasteiger partial charge is 0.468 e. The summed E-state index contributed by atoms with van der Waals surface area (Å²) in [4.78, 5) is 16.5. The molecule has 1 amide bonds. The molecule has 3 rings (SSSR count). The molecule has 1 aromatic heterocycles. The van der Waals surface area contributed by atoms with E-state index in [1.807, 2.05) is 6.07 Å². The normalized spacial score (nSPS) is 14.5. The number of ether oxygens (including phenoxy) is 1. The fraction of sp³-hybridized carbons (Fsp3) is 0.350. The van der Waals surface area contributed by atoms with E-state index in [0.29, 0.717) is 16.8 Å². The van der Waals surface area contributed by atoms with Gasteiger partial charge in [0.2, 0.25) is 5.88 Å². The summed E-state index contributed by atoms with van der Waals surface area (Å²) < 4.78 is 42.4. The van der Waals surface area contributed by atoms with Gasteiger partial charge < -0.3 is 10.1 Å². The van der Waals surface area contributed by atoms with Crippen molar-refractivity contribution in [3.8, 4) is 11.9 Å². The van der Waals surface area contributed by atoms with Crippen LogP contribution in [0, 0.1) is 11.3 Å². The van der Waals surface area contributed by atoms with Gasteiger partial charge in [-0.05, 0) is 49.1 Å². The second kappa shape index (κ2) is 8.30. The minimum atomic E-state index is -4.46. The van der Waals surface area contributed by atoms with Gasteiger partial charge in [-0.3, -0.25) is 4.79 Å². The van der Waals surface area contributed by atoms with Gasteiger partial charge in [0.1, 0.15) is 0 Å². The fourth-order valence-corrected chi connectivity index (χ4v) is 3.22. The highest BCUT2D eigenvalue weighted by molar-refractivity contribution is 6.04. The van der Waals surface area contributed by atoms with Gasteiger partial charge in [0.15, 0.2) is 6.61 Å². The number of halogens is 3. The van der Waals surface area contributed by atoms with Crippen molar-refractivity contribution in [2.24, 2.45) is 0 Å². The molecule has 0 saturated heterocycles. The summed E-state index contributed by atoms with van der Waals surface area (Å²) in [5.41, 5.74) is 1.75. The maximum absolute atomic E-state index is 12.5. The number of aromatic nitrogens is 1. The quantitative estimate of drug-likeness (QED) is 0.797. The van der Waals surface area contributed by atoms with Crippen LogP contribution >= 0.6 is 0 Å². The Labute approximate surface area is 160 Å². The Bertz CT molecular complexity index is 883. The van der Waals surface area contributed by atoms with E-state index >= 15 is 0 Å². The Kier molecular flexibility index (Phi) is 5.83. The van der Waals surface area contributed by atoms with Crippen molar-refractivity contribution < 1.29 is 22.7 Å². The van der Waals surface area contributed by atoms with Crippen LogP contribution in [0.4, 0.5) is 18.9 Å². The van der Waals surface area contributed by atoms with Crippen molar-refractivity contribution in [2.75, 3.05) is 11.9 Å². The third-order valence-corrected chi connectivity index (χ3v) is 4.58. The molecule has 8 heteroatoms. The average Bonchev–Trinajstić information content (AvgIpc) is 3.21. The lowest BCUT2D eigenvalue weighted by molar-refractivity contribution is -0.154. The van der Waals surface area contributed by atoms with Gasteiger partial charge in [0.05, 0.1) is 17.2 Å². The number of anilines is 1. The minimum absolute atomic E-state index is 0.0263. The van der Waals surface area contributed by atoms with Gasteiger partial charge in [-0.15, -0.1) is 0 Å². The first-order chi connectivity index (χ1) is 13.4. The number of nitriles is 1. The predicted octanol–water partition coefficient (Wildman–Crippen LogP) is 4.80. The molecule has 1 aliphatic carbocycles. The maximum Gasteiger partial charge on any atom is 0.422 e. The Morgan fingerprint density at radius 3 is 2.54 bits per heavy atom. The number of nitrogens with zero attached hydrogens (tertiary/aromatic N) is 2. The van der Waals surface area contributed by atoms with E-state index < -0.39 is 18.7 Å². The molecule has 1 aliphatic rings. The zero-order chi connectivity index (χ0) is 20.1. The van der Waals surface area contributed by atoms with Crippen LogP contribution in [0.3, 0.4) is 0 Å². The number of carbonyl (C=O) groups is 1. The number of amides is 1. The van der Waals surface area contributed by atoms with Crippen molar-refractivity contribution in [3.05, 3.63) is 53.2 Å². The standard InChI is InChI=1S/C20H18F3N3O2/c21-20(22,23)12-28-19-17(14-3-1-2-4-14)9-15(11-25-19)18(27)26-16-7-5-13(10-24)6-8-16/h5-9,11,14H,1-4,12H2,(H,26,27). The molecular weight excluding hydrogens is 371 g/mol. The van der Waals surface area contributed by atoms with Crippen LogP contribution < -0.4 is 10.1 Å². The third-order valence-electron chi connectivity index (χ3n) is 4.58. The summed E-state index contributed by atoms with van der Waals surface area (Å²) in [5.74, 6) is -0.476. The lowest BCUT2D eigenvalue weighted by Gasteiger charge is -2.17. The van der Waals surface area contributed by atoms with Crippen molar-refractivity contribution >= 4 is 11.6 Å². The van der Waals surface area contributed by atoms with Crippen LogP contribution in [-0.4, -0.2) is 23.7 Å². The SMILES string of the molecule is N#Cc1ccc(NC(=O)c2cnc(OCC(F)(F)F)c(C3CCCC3)c2)cc1. The van der Waals surface area contributed by atoms with E-state index in [9.17, 15) is 18.0 Å². The van der Waals surface area contributed by atoms with Gasteiger partial charge in [0.25, 0.3) is 5.91 Å². The van der Waals surface area contributed by atoms with E-state index in [1.54, 1.807) is 30.3 Å². The smallest absolute Gasteiger partial charge is 0.422 e. The summed E-state index contributed by atoms with van der Waals surface area (Å²) in [7, 11) is 0. The Morgan fingerprint density at radius 2 is 1.93 bits per heavy atom. The summed E-state index contributed by atoms with van der Waals surface area (Å²) in [5, 5.41) is 11.5. The second-order valence-corrected chi connectivity index (χ2v) is 6.65. The molecule has 0 atom stereocenters. The van der Waals surface area contributed by atoms with Crippen LogP contribution in [0.15, 0.2) is 36.5 Å². The number of hydrogen-bond donors (Lipinski definition) is 1. The lowest BCUT2D eigenvalue weighted by Crippen LogP contribution is -2.21. The molecule has 0 bridgehead atoms. The molecule has 1 heterocycles. The topological polar surface area (TPSA) is 75.0 Å². The van der Waals surface area contributed by atoms with Crippen molar-refractivity contribution in [3.63, 3.8) is 0 Å². The molecule has 1 N–H and O–H groups in total. The molecule has 1 aromatic carbocycles. The van der Waals surface area contributed by atoms with E-state index in [1.165, 1.54) is 6.20 Å². The summed E-state index contributed by atoms with van der Waals surface area (Å²) >= 11 is 0. The Morgan fingerprint density at radius 1 is 1.25 bits per heavy atom. The lowest BCUT2D eigenvalue weighted by atomic mass is 9.97. The number of nitrogens with one attached hydrogen (secondary N) is 1. The predicted molar refractivity (Wildman–Crippen MR) is 96.1 cm³/mol. The molecule has 2 aromatic rings. The van der Waals surface area contributed by atoms with Crippen LogP contribution in [-0.2, 0) is 0 Å². The van der Waals surface area contributed by atoms with Gasteiger partial charge >= 0.3 is 6.18 Å². The van der Waals surface area contributed by atoms with Gasteiger partial charge in [-0.1, -0.05) is 12.8 Å². The highest BCUT2D eigenvalue weighted by Gasteiger charge is 2.30. The third kappa shape index (κ3) is 5.00. The molecule has 1 saturated carbocycles. The molecule has 28 heavy (non-hydrogen) atoms. The number of benzene rings is 1. The van der Waals surface area contributed by atoms with E-state index in [-0.39, 0.29) is 17.4 Å². The molecule has 0 radical (unpaired) electrons. The zero-order valence-corrected chi connectivity index (χ0v) is 14.9. The van der Waals surface area contributed by atoms with Crippen molar-refractivity contribution in [2.45, 2.75) is 37.8 Å². The van der Waals surface area contributed by atoms with Crippen LogP contribution in [0.5, 0.6) is 5.88 Å². The van der Waals surface area contributed by atoms with Crippen molar-refractivity contribution in [1.82, 2.24) is 4.98 Å². The zero-order valence-electron chi connectivity index (χ0n) is 14.9. The highest BCUT2D eigenvalue weighted by Crippen LogP contribution is 2.38. The maximum atomic E-state index is 12.5. The first kappa shape index (κ1) is 19.7. The second-order valence-electron chi connectivity index (χ2n) is 6.65. The van der Waals surface area contributed by atoms with Crippen molar-refractivity contribution in [1.29, 1.82) is 5.26 Å². The van der Waals surface area contributed by atoms with Gasteiger partial charge in [-0.25, -0.2) is 4.98 Å². The fourth-order valence-electron chi connectivity index (χ4n) is 3.22. The summed E-state index contributed by atoms with van der Waals surface area (Å²) in [6, 6.07) is 9.90. The highest BCUT2D eigenvalue weighted by atomic mass is 19.4. The number of pyridine rings is 1. The van der Waals surface area contributed by atoms with E-state index in [2.05, 4.69) is 10.3 Å². The van der Waals surface area contributed by atoms with Crippen LogP contribution in [0.1, 0.15) is 53.1 Å². The number of hydrogen-bond acceptors (Lipinski definition) is 4. The molecule has 5 nitrogen and oxygen atoms in total. The monoisotopic (exact) mass is 389 g/mol. The molecule has 0 aliphatic heterocycles. The Hall–Kier alpha value is -3.08. The summed E-state index contributed by atoms with van der Waals surface area (Å²) in [6.07, 6.45) is 0.356. The first-order valence-electron chi connectivity index (χ1n) is 8.87. The molecule has 0 spiro atoms. The van der Waals surface area contributed by atoms with Gasteiger partial charge in [-0.2, -0.15) is 18.4 Å². The van der Waals surface area contributed by atoms with Crippen LogP contribution in [0.2, 0.25) is 0 Å². The molecule has 1 fully saturated rings. The molecule has 0 unspecified atom stereocenters. The summed E-state index contributed by atoms with van der Waals surface area (Å²) in [6.45, 7) is -1.42. The van der Waals surface area contributed by atoms with Crippen LogP contribution in [0.25, 0.3) is 0 Å². The molecular formula is C20H18F3N3O2. The molecule has 146 valence electrons. The number of carbonyl (C=O) groups excluding carboxylic acids is 1. The van der Waals surface area contributed by atoms with Gasteiger partial charge in [0, 0.05) is 17.4 Å². The number of rotatable bonds is 5. The number of alkyl halides is 3. The average molecular weight is 389 g/mol. The first-order valence-corrected chi connectivity index (χ1v) is 8.87.